The molecule has 19 heavy (non-hydrogen) atoms. The lowest BCUT2D eigenvalue weighted by Crippen LogP contribution is -2.47. The summed E-state index contributed by atoms with van der Waals surface area (Å²) in [5.74, 6) is 0.0898. The van der Waals surface area contributed by atoms with Crippen LogP contribution in [-0.4, -0.2) is 43.9 Å². The molecule has 0 spiro atoms. The van der Waals surface area contributed by atoms with Gasteiger partial charge in [0.15, 0.2) is 0 Å². The van der Waals surface area contributed by atoms with Gasteiger partial charge in [0.1, 0.15) is 11.6 Å². The van der Waals surface area contributed by atoms with Crippen molar-refractivity contribution >= 4 is 12.1 Å². The molecule has 2 N–H and O–H groups in total. The third kappa shape index (κ3) is 5.92. The normalized spacial score (nSPS) is 23.6. The predicted octanol–water partition coefficient (Wildman–Crippen LogP) is 1.05. The molecule has 0 aliphatic carbocycles. The second-order valence-electron chi connectivity index (χ2n) is 5.81. The number of esters is 1. The van der Waals surface area contributed by atoms with Crippen LogP contribution in [0.3, 0.4) is 0 Å². The van der Waals surface area contributed by atoms with Crippen molar-refractivity contribution in [1.29, 1.82) is 0 Å². The standard InChI is InChI=1S/C13H24N2O4/c1-13(2,3)19-12(17)15-8-9-5-6-10(14-7-9)11(16)18-4/h9-10,14H,5-8H2,1-4H3,(H,15,17)/t9-,10-/m0/s1. The van der Waals surface area contributed by atoms with Gasteiger partial charge in [0.05, 0.1) is 7.11 Å². The molecule has 0 radical (unpaired) electrons. The van der Waals surface area contributed by atoms with Crippen LogP contribution in [0.2, 0.25) is 0 Å². The van der Waals surface area contributed by atoms with E-state index in [0.29, 0.717) is 19.0 Å². The van der Waals surface area contributed by atoms with Crippen molar-refractivity contribution < 1.29 is 19.1 Å². The largest absolute Gasteiger partial charge is 0.468 e. The van der Waals surface area contributed by atoms with Crippen molar-refractivity contribution in [3.8, 4) is 0 Å². The van der Waals surface area contributed by atoms with Gasteiger partial charge in [-0.15, -0.1) is 0 Å². The molecule has 1 rings (SSSR count). The Morgan fingerprint density at radius 3 is 2.47 bits per heavy atom. The summed E-state index contributed by atoms with van der Waals surface area (Å²) >= 11 is 0. The first-order chi connectivity index (χ1) is 8.81. The van der Waals surface area contributed by atoms with Crippen LogP contribution in [0.25, 0.3) is 0 Å². The van der Waals surface area contributed by atoms with E-state index in [1.54, 1.807) is 0 Å². The molecule has 2 atom stereocenters. The molecule has 1 saturated heterocycles. The van der Waals surface area contributed by atoms with Crippen LogP contribution >= 0.6 is 0 Å². The van der Waals surface area contributed by atoms with E-state index in [0.717, 1.165) is 12.8 Å². The molecule has 0 aromatic carbocycles. The van der Waals surface area contributed by atoms with Gasteiger partial charge in [-0.05, 0) is 39.5 Å². The van der Waals surface area contributed by atoms with Crippen LogP contribution in [0.1, 0.15) is 33.6 Å². The maximum atomic E-state index is 11.5. The van der Waals surface area contributed by atoms with Crippen molar-refractivity contribution in [1.82, 2.24) is 10.6 Å². The number of amides is 1. The number of piperidine rings is 1. The summed E-state index contributed by atoms with van der Waals surface area (Å²) in [4.78, 5) is 22.8. The Kier molecular flexibility index (Phi) is 5.60. The van der Waals surface area contributed by atoms with Crippen molar-refractivity contribution in [2.45, 2.75) is 45.3 Å². The molecule has 1 aliphatic rings. The minimum absolute atomic E-state index is 0.220. The molecule has 0 saturated carbocycles. The van der Waals surface area contributed by atoms with Gasteiger partial charge in [0, 0.05) is 13.1 Å². The van der Waals surface area contributed by atoms with E-state index in [9.17, 15) is 9.59 Å². The minimum Gasteiger partial charge on any atom is -0.468 e. The van der Waals surface area contributed by atoms with Gasteiger partial charge in [-0.2, -0.15) is 0 Å². The zero-order chi connectivity index (χ0) is 14.5. The predicted molar refractivity (Wildman–Crippen MR) is 70.8 cm³/mol. The molecular formula is C13H24N2O4. The average Bonchev–Trinajstić information content (AvgIpc) is 2.34. The fraction of sp³-hybridized carbons (Fsp3) is 0.846. The maximum absolute atomic E-state index is 11.5. The Hall–Kier alpha value is -1.30. The summed E-state index contributed by atoms with van der Waals surface area (Å²) in [6, 6.07) is -0.220. The van der Waals surface area contributed by atoms with Gasteiger partial charge in [0.25, 0.3) is 0 Å². The molecule has 6 nitrogen and oxygen atoms in total. The summed E-state index contributed by atoms with van der Waals surface area (Å²) in [5.41, 5.74) is -0.481. The molecular weight excluding hydrogens is 248 g/mol. The number of rotatable bonds is 3. The highest BCUT2D eigenvalue weighted by Crippen LogP contribution is 2.15. The Labute approximate surface area is 114 Å². The number of alkyl carbamates (subject to hydrolysis) is 1. The van der Waals surface area contributed by atoms with Gasteiger partial charge < -0.3 is 20.1 Å². The molecule has 110 valence electrons. The van der Waals surface area contributed by atoms with Crippen molar-refractivity contribution in [2.75, 3.05) is 20.2 Å². The number of methoxy groups -OCH3 is 1. The molecule has 1 aliphatic heterocycles. The van der Waals surface area contributed by atoms with Crippen LogP contribution in [0, 0.1) is 5.92 Å². The zero-order valence-electron chi connectivity index (χ0n) is 12.1. The zero-order valence-corrected chi connectivity index (χ0v) is 12.1. The topological polar surface area (TPSA) is 76.7 Å². The summed E-state index contributed by atoms with van der Waals surface area (Å²) in [6.45, 7) is 6.73. The van der Waals surface area contributed by atoms with Crippen LogP contribution in [0.4, 0.5) is 4.79 Å². The van der Waals surface area contributed by atoms with Crippen LogP contribution in [-0.2, 0) is 14.3 Å². The first kappa shape index (κ1) is 15.8. The molecule has 1 fully saturated rings. The average molecular weight is 272 g/mol. The van der Waals surface area contributed by atoms with Crippen LogP contribution in [0.15, 0.2) is 0 Å². The number of nitrogens with one attached hydrogen (secondary N) is 2. The van der Waals surface area contributed by atoms with E-state index in [2.05, 4.69) is 15.4 Å². The van der Waals surface area contributed by atoms with Crippen LogP contribution < -0.4 is 10.6 Å². The van der Waals surface area contributed by atoms with Gasteiger partial charge in [-0.1, -0.05) is 0 Å². The van der Waals surface area contributed by atoms with Crippen molar-refractivity contribution in [2.24, 2.45) is 5.92 Å². The summed E-state index contributed by atoms with van der Waals surface area (Å²) in [6.07, 6.45) is 1.21. The Morgan fingerprint density at radius 2 is 2.00 bits per heavy atom. The fourth-order valence-electron chi connectivity index (χ4n) is 1.97. The number of ether oxygens (including phenoxy) is 2. The van der Waals surface area contributed by atoms with E-state index in [4.69, 9.17) is 4.74 Å². The van der Waals surface area contributed by atoms with E-state index >= 15 is 0 Å². The molecule has 1 amide bonds. The summed E-state index contributed by atoms with van der Waals surface area (Å²) in [5, 5.41) is 5.87. The lowest BCUT2D eigenvalue weighted by Gasteiger charge is -2.28. The van der Waals surface area contributed by atoms with Gasteiger partial charge in [0.2, 0.25) is 0 Å². The van der Waals surface area contributed by atoms with Gasteiger partial charge >= 0.3 is 12.1 Å². The number of hydrogen-bond donors (Lipinski definition) is 2. The third-order valence-electron chi connectivity index (χ3n) is 2.94. The second kappa shape index (κ2) is 6.75. The highest BCUT2D eigenvalue weighted by molar-refractivity contribution is 5.75. The highest BCUT2D eigenvalue weighted by atomic mass is 16.6. The lowest BCUT2D eigenvalue weighted by molar-refractivity contribution is -0.143. The van der Waals surface area contributed by atoms with Gasteiger partial charge in [-0.25, -0.2) is 4.79 Å². The second-order valence-corrected chi connectivity index (χ2v) is 5.81. The van der Waals surface area contributed by atoms with Crippen molar-refractivity contribution in [3.05, 3.63) is 0 Å². The number of carbonyl (C=O) groups excluding carboxylic acids is 2. The Balaban J connectivity index is 2.23. The lowest BCUT2D eigenvalue weighted by atomic mass is 9.95. The monoisotopic (exact) mass is 272 g/mol. The van der Waals surface area contributed by atoms with Gasteiger partial charge in [-0.3, -0.25) is 4.79 Å². The molecule has 1 heterocycles. The van der Waals surface area contributed by atoms with Crippen LogP contribution in [0.5, 0.6) is 0 Å². The summed E-state index contributed by atoms with van der Waals surface area (Å²) < 4.78 is 9.85. The molecule has 0 unspecified atom stereocenters. The molecule has 0 aromatic heterocycles. The molecule has 0 aromatic rings. The SMILES string of the molecule is COC(=O)[C@@H]1CC[C@H](CNC(=O)OC(C)(C)C)CN1. The number of carbonyl (C=O) groups is 2. The quantitative estimate of drug-likeness (QED) is 0.751. The fourth-order valence-corrected chi connectivity index (χ4v) is 1.97. The summed E-state index contributed by atoms with van der Waals surface area (Å²) in [7, 11) is 1.39. The van der Waals surface area contributed by atoms with E-state index in [1.807, 2.05) is 20.8 Å². The third-order valence-corrected chi connectivity index (χ3v) is 2.94. The minimum atomic E-state index is -0.481. The Bertz CT molecular complexity index is 317. The van der Waals surface area contributed by atoms with E-state index in [-0.39, 0.29) is 12.0 Å². The molecule has 0 bridgehead atoms. The maximum Gasteiger partial charge on any atom is 0.407 e. The molecule has 6 heteroatoms. The number of hydrogen-bond acceptors (Lipinski definition) is 5. The van der Waals surface area contributed by atoms with Crippen molar-refractivity contribution in [3.63, 3.8) is 0 Å². The smallest absolute Gasteiger partial charge is 0.407 e. The first-order valence-corrected chi connectivity index (χ1v) is 6.60. The van der Waals surface area contributed by atoms with E-state index < -0.39 is 11.7 Å². The Morgan fingerprint density at radius 1 is 1.32 bits per heavy atom. The highest BCUT2D eigenvalue weighted by Gasteiger charge is 2.26. The van der Waals surface area contributed by atoms with E-state index in [1.165, 1.54) is 7.11 Å². The first-order valence-electron chi connectivity index (χ1n) is 6.60.